The molecule has 0 bridgehead atoms. The third-order valence-electron chi connectivity index (χ3n) is 2.29. The maximum atomic E-state index is 2.44. The van der Waals surface area contributed by atoms with Gasteiger partial charge in [0.1, 0.15) is 0 Å². The van der Waals surface area contributed by atoms with Crippen LogP contribution in [-0.4, -0.2) is 25.0 Å². The zero-order valence-corrected chi connectivity index (χ0v) is 9.43. The molecule has 12 heavy (non-hydrogen) atoms. The van der Waals surface area contributed by atoms with Crippen LogP contribution in [0.5, 0.6) is 0 Å². The summed E-state index contributed by atoms with van der Waals surface area (Å²) >= 11 is 0. The van der Waals surface area contributed by atoms with E-state index in [2.05, 4.69) is 25.8 Å². The van der Waals surface area contributed by atoms with Crippen molar-refractivity contribution in [1.29, 1.82) is 0 Å². The maximum absolute atomic E-state index is 2.44. The van der Waals surface area contributed by atoms with Crippen LogP contribution >= 0.6 is 0 Å². The van der Waals surface area contributed by atoms with E-state index in [0.29, 0.717) is 0 Å². The third-order valence-corrected chi connectivity index (χ3v) is 2.29. The predicted molar refractivity (Wildman–Crippen MR) is 56.4 cm³/mol. The van der Waals surface area contributed by atoms with E-state index >= 15 is 0 Å². The molecule has 74 valence electrons. The first-order valence-corrected chi connectivity index (χ1v) is 5.37. The van der Waals surface area contributed by atoms with Gasteiger partial charge in [0.2, 0.25) is 0 Å². The predicted octanol–water partition coefficient (Wildman–Crippen LogP) is 3.01. The molecule has 0 unspecified atom stereocenters. The van der Waals surface area contributed by atoms with Crippen molar-refractivity contribution in [2.75, 3.05) is 20.1 Å². The highest BCUT2D eigenvalue weighted by Crippen LogP contribution is 2.21. The lowest BCUT2D eigenvalue weighted by Crippen LogP contribution is -2.14. The van der Waals surface area contributed by atoms with Gasteiger partial charge in [0, 0.05) is 6.54 Å². The van der Waals surface area contributed by atoms with Gasteiger partial charge in [-0.05, 0) is 38.3 Å². The summed E-state index contributed by atoms with van der Waals surface area (Å²) in [7, 11) is 2.22. The van der Waals surface area contributed by atoms with E-state index in [9.17, 15) is 0 Å². The van der Waals surface area contributed by atoms with E-state index in [-0.39, 0.29) is 0 Å². The van der Waals surface area contributed by atoms with Crippen molar-refractivity contribution in [1.82, 2.24) is 4.90 Å². The van der Waals surface area contributed by atoms with E-state index in [1.54, 1.807) is 0 Å². The molecule has 0 saturated carbocycles. The van der Waals surface area contributed by atoms with Gasteiger partial charge >= 0.3 is 0 Å². The molecule has 1 fully saturated rings. The maximum Gasteiger partial charge on any atom is 0.000718 e. The lowest BCUT2D eigenvalue weighted by Gasteiger charge is -2.11. The van der Waals surface area contributed by atoms with Gasteiger partial charge in [0.15, 0.2) is 0 Å². The topological polar surface area (TPSA) is 3.24 Å². The minimum Gasteiger partial charge on any atom is -0.306 e. The summed E-state index contributed by atoms with van der Waals surface area (Å²) in [5, 5.41) is 0. The highest BCUT2D eigenvalue weighted by molar-refractivity contribution is 4.73. The standard InChI is InChI=1S/C9H19N.C2H6/c1-8(2)6-9-4-5-10(3)7-9;1-2/h8-9H,4-7H2,1-3H3;1-2H3/t9-;/m1./s1. The Morgan fingerprint density at radius 1 is 1.33 bits per heavy atom. The highest BCUT2D eigenvalue weighted by Gasteiger charge is 2.19. The number of likely N-dealkylation sites (tertiary alicyclic amines) is 1. The van der Waals surface area contributed by atoms with E-state index in [4.69, 9.17) is 0 Å². The van der Waals surface area contributed by atoms with Crippen LogP contribution in [0.4, 0.5) is 0 Å². The van der Waals surface area contributed by atoms with Crippen molar-refractivity contribution in [3.8, 4) is 0 Å². The summed E-state index contributed by atoms with van der Waals surface area (Å²) < 4.78 is 0. The summed E-state index contributed by atoms with van der Waals surface area (Å²) in [5.74, 6) is 1.88. The molecule has 0 N–H and O–H groups in total. The molecule has 1 aliphatic heterocycles. The van der Waals surface area contributed by atoms with Crippen molar-refractivity contribution in [2.24, 2.45) is 11.8 Å². The lowest BCUT2D eigenvalue weighted by atomic mass is 9.97. The van der Waals surface area contributed by atoms with Crippen molar-refractivity contribution < 1.29 is 0 Å². The van der Waals surface area contributed by atoms with Gasteiger partial charge in [-0.2, -0.15) is 0 Å². The molecule has 1 nitrogen and oxygen atoms in total. The second-order valence-corrected chi connectivity index (χ2v) is 4.05. The Morgan fingerprint density at radius 2 is 1.92 bits per heavy atom. The number of rotatable bonds is 2. The average Bonchev–Trinajstić information content (AvgIpc) is 2.39. The molecule has 0 spiro atoms. The molecule has 0 aromatic carbocycles. The first-order valence-electron chi connectivity index (χ1n) is 5.37. The smallest absolute Gasteiger partial charge is 0.000718 e. The molecule has 0 radical (unpaired) electrons. The molecule has 0 aromatic rings. The fourth-order valence-corrected chi connectivity index (χ4v) is 1.89. The van der Waals surface area contributed by atoms with Crippen molar-refractivity contribution in [3.05, 3.63) is 0 Å². The first kappa shape index (κ1) is 12.0. The first-order chi connectivity index (χ1) is 5.68. The van der Waals surface area contributed by atoms with Gasteiger partial charge in [0.05, 0.1) is 0 Å². The fraction of sp³-hybridized carbons (Fsp3) is 1.00. The van der Waals surface area contributed by atoms with Crippen LogP contribution in [0.25, 0.3) is 0 Å². The Balaban J connectivity index is 0.000000561. The van der Waals surface area contributed by atoms with Gasteiger partial charge in [-0.3, -0.25) is 0 Å². The summed E-state index contributed by atoms with van der Waals surface area (Å²) in [4.78, 5) is 2.44. The average molecular weight is 171 g/mol. The molecule has 1 heteroatoms. The number of hydrogen-bond donors (Lipinski definition) is 0. The quantitative estimate of drug-likeness (QED) is 0.617. The van der Waals surface area contributed by atoms with E-state index in [1.165, 1.54) is 25.9 Å². The van der Waals surface area contributed by atoms with Crippen LogP contribution in [0.15, 0.2) is 0 Å². The molecule has 1 saturated heterocycles. The fourth-order valence-electron chi connectivity index (χ4n) is 1.89. The second-order valence-electron chi connectivity index (χ2n) is 4.05. The largest absolute Gasteiger partial charge is 0.306 e. The number of hydrogen-bond acceptors (Lipinski definition) is 1. The van der Waals surface area contributed by atoms with Crippen molar-refractivity contribution in [2.45, 2.75) is 40.5 Å². The molecule has 0 aliphatic carbocycles. The summed E-state index contributed by atoms with van der Waals surface area (Å²) in [6.45, 7) is 11.3. The Hall–Kier alpha value is -0.0400. The second kappa shape index (κ2) is 6.47. The Labute approximate surface area is 78.1 Å². The zero-order chi connectivity index (χ0) is 9.56. The number of nitrogens with zero attached hydrogens (tertiary/aromatic N) is 1. The Morgan fingerprint density at radius 3 is 2.25 bits per heavy atom. The summed E-state index contributed by atoms with van der Waals surface area (Å²) in [6.07, 6.45) is 2.85. The van der Waals surface area contributed by atoms with E-state index in [0.717, 1.165) is 11.8 Å². The van der Waals surface area contributed by atoms with E-state index in [1.807, 2.05) is 13.8 Å². The van der Waals surface area contributed by atoms with Crippen LogP contribution in [0.3, 0.4) is 0 Å². The van der Waals surface area contributed by atoms with Gasteiger partial charge in [-0.1, -0.05) is 27.7 Å². The molecule has 1 atom stereocenters. The third kappa shape index (κ3) is 4.76. The van der Waals surface area contributed by atoms with Crippen LogP contribution in [-0.2, 0) is 0 Å². The molecular formula is C11H25N. The van der Waals surface area contributed by atoms with Crippen LogP contribution in [0.1, 0.15) is 40.5 Å². The molecule has 1 aliphatic rings. The van der Waals surface area contributed by atoms with Gasteiger partial charge in [-0.25, -0.2) is 0 Å². The molecule has 0 amide bonds. The SMILES string of the molecule is CC.CC(C)C[C@H]1CCN(C)C1. The lowest BCUT2D eigenvalue weighted by molar-refractivity contribution is 0.367. The summed E-state index contributed by atoms with van der Waals surface area (Å²) in [6, 6.07) is 0. The summed E-state index contributed by atoms with van der Waals surface area (Å²) in [5.41, 5.74) is 0. The van der Waals surface area contributed by atoms with Crippen LogP contribution in [0.2, 0.25) is 0 Å². The van der Waals surface area contributed by atoms with Crippen LogP contribution in [0, 0.1) is 11.8 Å². The van der Waals surface area contributed by atoms with E-state index < -0.39 is 0 Å². The van der Waals surface area contributed by atoms with Gasteiger partial charge in [0.25, 0.3) is 0 Å². The normalized spacial score (nSPS) is 24.0. The Kier molecular flexibility index (Phi) is 6.45. The monoisotopic (exact) mass is 171 g/mol. The van der Waals surface area contributed by atoms with Crippen molar-refractivity contribution >= 4 is 0 Å². The van der Waals surface area contributed by atoms with Gasteiger partial charge < -0.3 is 4.90 Å². The molecule has 1 rings (SSSR count). The van der Waals surface area contributed by atoms with Crippen molar-refractivity contribution in [3.63, 3.8) is 0 Å². The van der Waals surface area contributed by atoms with Crippen LogP contribution < -0.4 is 0 Å². The molecular weight excluding hydrogens is 146 g/mol. The minimum absolute atomic E-state index is 0.886. The molecule has 0 aromatic heterocycles. The Bertz CT molecular complexity index is 99.2. The molecule has 1 heterocycles. The minimum atomic E-state index is 0.886. The zero-order valence-electron chi connectivity index (χ0n) is 9.43. The van der Waals surface area contributed by atoms with Gasteiger partial charge in [-0.15, -0.1) is 0 Å². The highest BCUT2D eigenvalue weighted by atomic mass is 15.1.